The summed E-state index contributed by atoms with van der Waals surface area (Å²) < 4.78 is 29.8. The lowest BCUT2D eigenvalue weighted by Gasteiger charge is -2.37. The number of anilines is 1. The lowest BCUT2D eigenvalue weighted by atomic mass is 10.0. The molecule has 130 valence electrons. The Hall–Kier alpha value is -1.07. The zero-order valence-electron chi connectivity index (χ0n) is 13.2. The monoisotopic (exact) mass is 454 g/mol. The summed E-state index contributed by atoms with van der Waals surface area (Å²) in [6.45, 7) is 3.20. The largest absolute Gasteiger partial charge is 0.497 e. The van der Waals surface area contributed by atoms with E-state index in [1.54, 1.807) is 14.0 Å². The molecular weight excluding hydrogens is 431 g/mol. The van der Waals surface area contributed by atoms with Gasteiger partial charge in [0.1, 0.15) is 5.75 Å². The Labute approximate surface area is 154 Å². The lowest BCUT2D eigenvalue weighted by Crippen LogP contribution is -2.51. The van der Waals surface area contributed by atoms with Crippen LogP contribution in [0.5, 0.6) is 5.75 Å². The third-order valence-electron chi connectivity index (χ3n) is 3.54. The Bertz CT molecular complexity index is 645. The number of sulfonamides is 1. The molecule has 0 radical (unpaired) electrons. The number of nitrogens with zero attached hydrogens (tertiary/aromatic N) is 2. The molecule has 1 heterocycles. The van der Waals surface area contributed by atoms with Crippen LogP contribution in [-0.4, -0.2) is 51.2 Å². The Morgan fingerprint density at radius 3 is 2.78 bits per heavy atom. The van der Waals surface area contributed by atoms with Crippen molar-refractivity contribution in [3.63, 3.8) is 0 Å². The standard InChI is InChI=1S/C14H22N4O3S.HI/c1-3-22(19,20)18-9-11(10-18)8-16-14(15)17-12-5-4-6-13(7-12)21-2;/h4-7,11H,3,8-10H2,1-2H3,(H3,15,16,17);1H. The van der Waals surface area contributed by atoms with Gasteiger partial charge in [-0.1, -0.05) is 6.07 Å². The summed E-state index contributed by atoms with van der Waals surface area (Å²) in [6, 6.07) is 7.38. The second-order valence-corrected chi connectivity index (χ2v) is 7.42. The summed E-state index contributed by atoms with van der Waals surface area (Å²) in [5, 5.41) is 2.99. The number of ether oxygens (including phenoxy) is 1. The molecule has 9 heteroatoms. The van der Waals surface area contributed by atoms with Crippen LogP contribution in [0.3, 0.4) is 0 Å². The van der Waals surface area contributed by atoms with Crippen LogP contribution < -0.4 is 15.8 Å². The minimum atomic E-state index is -3.07. The van der Waals surface area contributed by atoms with Gasteiger partial charge in [0, 0.05) is 37.3 Å². The molecule has 1 aliphatic heterocycles. The summed E-state index contributed by atoms with van der Waals surface area (Å²) in [4.78, 5) is 4.26. The number of aliphatic imine (C=N–C) groups is 1. The minimum Gasteiger partial charge on any atom is -0.497 e. The molecule has 1 saturated heterocycles. The molecule has 0 saturated carbocycles. The highest BCUT2D eigenvalue weighted by atomic mass is 127. The van der Waals surface area contributed by atoms with Crippen LogP contribution in [0, 0.1) is 5.92 Å². The number of nitrogens with two attached hydrogens (primary N) is 1. The fourth-order valence-corrected chi connectivity index (χ4v) is 3.40. The summed E-state index contributed by atoms with van der Waals surface area (Å²) in [6.07, 6.45) is 0. The van der Waals surface area contributed by atoms with Crippen molar-refractivity contribution in [2.75, 3.05) is 37.8 Å². The number of hydrogen-bond acceptors (Lipinski definition) is 4. The average molecular weight is 454 g/mol. The van der Waals surface area contributed by atoms with Gasteiger partial charge in [0.25, 0.3) is 0 Å². The van der Waals surface area contributed by atoms with Gasteiger partial charge < -0.3 is 15.8 Å². The second kappa shape index (κ2) is 8.69. The smallest absolute Gasteiger partial charge is 0.213 e. The quantitative estimate of drug-likeness (QED) is 0.384. The molecule has 23 heavy (non-hydrogen) atoms. The van der Waals surface area contributed by atoms with Crippen molar-refractivity contribution >= 4 is 45.6 Å². The van der Waals surface area contributed by atoms with Crippen molar-refractivity contribution in [2.24, 2.45) is 16.6 Å². The summed E-state index contributed by atoms with van der Waals surface area (Å²) in [5.41, 5.74) is 6.63. The van der Waals surface area contributed by atoms with E-state index in [0.717, 1.165) is 11.4 Å². The molecule has 3 N–H and O–H groups in total. The van der Waals surface area contributed by atoms with Crippen LogP contribution in [0.25, 0.3) is 0 Å². The van der Waals surface area contributed by atoms with E-state index in [1.165, 1.54) is 4.31 Å². The van der Waals surface area contributed by atoms with Crippen LogP contribution in [0.4, 0.5) is 5.69 Å². The van der Waals surface area contributed by atoms with Gasteiger partial charge >= 0.3 is 0 Å². The zero-order valence-corrected chi connectivity index (χ0v) is 16.4. The van der Waals surface area contributed by atoms with Gasteiger partial charge in [-0.15, -0.1) is 24.0 Å². The Kier molecular flexibility index (Phi) is 7.55. The fourth-order valence-electron chi connectivity index (χ4n) is 2.16. The summed E-state index contributed by atoms with van der Waals surface area (Å²) in [5.74, 6) is 1.41. The Morgan fingerprint density at radius 1 is 1.48 bits per heavy atom. The van der Waals surface area contributed by atoms with E-state index in [0.29, 0.717) is 25.6 Å². The number of methoxy groups -OCH3 is 1. The number of rotatable bonds is 6. The van der Waals surface area contributed by atoms with Crippen LogP contribution in [0.1, 0.15) is 6.92 Å². The molecule has 0 aliphatic carbocycles. The second-order valence-electron chi connectivity index (χ2n) is 5.17. The first-order chi connectivity index (χ1) is 10.4. The molecule has 1 aromatic rings. The Balaban J connectivity index is 0.00000264. The molecule has 0 unspecified atom stereocenters. The van der Waals surface area contributed by atoms with E-state index in [9.17, 15) is 8.42 Å². The molecule has 1 fully saturated rings. The van der Waals surface area contributed by atoms with Crippen molar-refractivity contribution in [3.05, 3.63) is 24.3 Å². The van der Waals surface area contributed by atoms with Crippen molar-refractivity contribution in [2.45, 2.75) is 6.92 Å². The van der Waals surface area contributed by atoms with Gasteiger partial charge in [0.2, 0.25) is 10.0 Å². The molecule has 0 bridgehead atoms. The third kappa shape index (κ3) is 5.50. The van der Waals surface area contributed by atoms with E-state index >= 15 is 0 Å². The number of hydrogen-bond donors (Lipinski definition) is 2. The molecule has 1 aliphatic rings. The molecule has 0 aromatic heterocycles. The maximum atomic E-state index is 11.6. The van der Waals surface area contributed by atoms with Crippen molar-refractivity contribution in [3.8, 4) is 5.75 Å². The van der Waals surface area contributed by atoms with Crippen molar-refractivity contribution < 1.29 is 13.2 Å². The maximum absolute atomic E-state index is 11.6. The molecule has 0 atom stereocenters. The highest BCUT2D eigenvalue weighted by Crippen LogP contribution is 2.20. The highest BCUT2D eigenvalue weighted by Gasteiger charge is 2.34. The normalized spacial score (nSPS) is 16.3. The Morgan fingerprint density at radius 2 is 2.17 bits per heavy atom. The number of benzene rings is 1. The zero-order chi connectivity index (χ0) is 16.2. The van der Waals surface area contributed by atoms with Crippen LogP contribution in [-0.2, 0) is 10.0 Å². The van der Waals surface area contributed by atoms with Crippen LogP contribution in [0.15, 0.2) is 29.3 Å². The van der Waals surface area contributed by atoms with E-state index in [2.05, 4.69) is 10.3 Å². The third-order valence-corrected chi connectivity index (χ3v) is 5.36. The first-order valence-electron chi connectivity index (χ1n) is 7.13. The van der Waals surface area contributed by atoms with Crippen molar-refractivity contribution in [1.29, 1.82) is 0 Å². The van der Waals surface area contributed by atoms with Gasteiger partial charge in [0.15, 0.2) is 5.96 Å². The topological polar surface area (TPSA) is 97.0 Å². The van der Waals surface area contributed by atoms with E-state index < -0.39 is 10.0 Å². The van der Waals surface area contributed by atoms with E-state index in [-0.39, 0.29) is 35.6 Å². The lowest BCUT2D eigenvalue weighted by molar-refractivity contribution is 0.208. The highest BCUT2D eigenvalue weighted by molar-refractivity contribution is 14.0. The minimum absolute atomic E-state index is 0. The predicted octanol–water partition coefficient (Wildman–Crippen LogP) is 1.32. The van der Waals surface area contributed by atoms with Crippen molar-refractivity contribution in [1.82, 2.24) is 4.31 Å². The average Bonchev–Trinajstić information content (AvgIpc) is 2.45. The number of nitrogens with one attached hydrogen (secondary N) is 1. The molecular formula is C14H23IN4O3S. The van der Waals surface area contributed by atoms with Crippen LogP contribution in [0.2, 0.25) is 0 Å². The summed E-state index contributed by atoms with van der Waals surface area (Å²) in [7, 11) is -1.46. The van der Waals surface area contributed by atoms with Gasteiger partial charge in [-0.05, 0) is 19.1 Å². The first-order valence-corrected chi connectivity index (χ1v) is 8.74. The molecule has 2 rings (SSSR count). The number of guanidine groups is 1. The van der Waals surface area contributed by atoms with E-state index in [4.69, 9.17) is 10.5 Å². The summed E-state index contributed by atoms with van der Waals surface area (Å²) >= 11 is 0. The molecule has 1 aromatic carbocycles. The molecule has 0 amide bonds. The predicted molar refractivity (Wildman–Crippen MR) is 103 cm³/mol. The van der Waals surface area contributed by atoms with Gasteiger partial charge in [-0.3, -0.25) is 4.99 Å². The fraction of sp³-hybridized carbons (Fsp3) is 0.500. The van der Waals surface area contributed by atoms with E-state index in [1.807, 2.05) is 24.3 Å². The first kappa shape index (κ1) is 20.0. The SMILES string of the molecule is CCS(=O)(=O)N1CC(CN=C(N)Nc2cccc(OC)c2)C1.I. The number of halogens is 1. The van der Waals surface area contributed by atoms with Gasteiger partial charge in [-0.25, -0.2) is 12.7 Å². The van der Waals surface area contributed by atoms with Gasteiger partial charge in [0.05, 0.1) is 12.9 Å². The van der Waals surface area contributed by atoms with Crippen LogP contribution >= 0.6 is 24.0 Å². The molecule has 7 nitrogen and oxygen atoms in total. The molecule has 0 spiro atoms. The van der Waals surface area contributed by atoms with Gasteiger partial charge in [-0.2, -0.15) is 0 Å². The maximum Gasteiger partial charge on any atom is 0.213 e.